The lowest BCUT2D eigenvalue weighted by Crippen LogP contribution is -1.94. The molecule has 0 atom stereocenters. The second kappa shape index (κ2) is 20.9. The third kappa shape index (κ3) is 8.92. The molecule has 0 spiro atoms. The molecule has 0 fully saturated rings. The zero-order chi connectivity index (χ0) is 54.1. The molecule has 0 aliphatic heterocycles. The van der Waals surface area contributed by atoms with Gasteiger partial charge >= 0.3 is 0 Å². The average Bonchev–Trinajstić information content (AvgIpc) is 4.21. The van der Waals surface area contributed by atoms with Crippen LogP contribution < -0.4 is 0 Å². The van der Waals surface area contributed by atoms with Crippen LogP contribution in [0.3, 0.4) is 0 Å². The molecule has 8 aromatic carbocycles. The number of aromatic nitrogens is 4. The van der Waals surface area contributed by atoms with Gasteiger partial charge in [-0.2, -0.15) is 0 Å². The molecular weight excluding hydrogens is 985 g/mol. The minimum Gasteiger partial charge on any atom is -0.289 e. The fraction of sp³-hybridized carbons (Fsp3) is 0. The number of rotatable bonds is 4. The van der Waals surface area contributed by atoms with Crippen LogP contribution >= 0.6 is 0 Å². The van der Waals surface area contributed by atoms with Gasteiger partial charge in [0.1, 0.15) is 0 Å². The first-order chi connectivity index (χ1) is 39.4. The molecule has 0 amide bonds. The summed E-state index contributed by atoms with van der Waals surface area (Å²) in [6.07, 6.45) is 6.93. The molecule has 0 N–H and O–H groups in total. The Morgan fingerprint density at radius 2 is 0.388 bits per heavy atom. The first-order valence-electron chi connectivity index (χ1n) is 26.2. The Morgan fingerprint density at radius 1 is 0.175 bits per heavy atom. The topological polar surface area (TPSA) is 120 Å². The fourth-order valence-corrected chi connectivity index (χ4v) is 10.8. The van der Waals surface area contributed by atoms with Gasteiger partial charge in [0, 0.05) is 91.5 Å². The Balaban J connectivity index is 0.000000101. The van der Waals surface area contributed by atoms with Crippen LogP contribution in [0.25, 0.3) is 89.5 Å². The maximum Gasteiger partial charge on any atom is 0.195 e. The third-order valence-corrected chi connectivity index (χ3v) is 14.7. The highest BCUT2D eigenvalue weighted by molar-refractivity contribution is 6.23. The number of carbonyl (C=O) groups is 4. The van der Waals surface area contributed by atoms with Crippen LogP contribution in [-0.4, -0.2) is 43.1 Å². The van der Waals surface area contributed by atoms with Crippen molar-refractivity contribution in [3.05, 3.63) is 312 Å². The monoisotopic (exact) mass is 1030 g/mol. The van der Waals surface area contributed by atoms with Gasteiger partial charge in [0.05, 0.1) is 22.8 Å². The number of benzene rings is 8. The SMILES string of the molecule is O=C1c2ccc(-c3ccccc3)cc2-c2ncccc21.O=C1c2ccc(-c3ccccc3)cc2-c2ncccc21.O=C1c2ccc(-c3ccccc3)cc2-c2ncccc21.O=C1c2ccc(-c3ccccc3)cc2-c2ncccc21. The molecule has 4 heterocycles. The Hall–Kier alpha value is -11.0. The number of hydrogen-bond donors (Lipinski definition) is 0. The number of hydrogen-bond acceptors (Lipinski definition) is 8. The summed E-state index contributed by atoms with van der Waals surface area (Å²) in [4.78, 5) is 66.6. The summed E-state index contributed by atoms with van der Waals surface area (Å²) >= 11 is 0. The Kier molecular flexibility index (Phi) is 12.7. The average molecular weight is 1030 g/mol. The van der Waals surface area contributed by atoms with Gasteiger partial charge in [0.15, 0.2) is 23.1 Å². The van der Waals surface area contributed by atoms with Crippen LogP contribution in [0.4, 0.5) is 0 Å². The molecule has 8 nitrogen and oxygen atoms in total. The lowest BCUT2D eigenvalue weighted by Gasteiger charge is -2.04. The molecular formula is C72H44N4O4. The second-order valence-electron chi connectivity index (χ2n) is 19.4. The van der Waals surface area contributed by atoms with E-state index in [0.717, 1.165) is 112 Å². The number of ketones is 4. The Bertz CT molecular complexity index is 3860. The predicted octanol–water partition coefficient (Wildman–Crippen LogP) is 15.8. The van der Waals surface area contributed by atoms with Gasteiger partial charge < -0.3 is 0 Å². The maximum atomic E-state index is 12.3. The van der Waals surface area contributed by atoms with E-state index in [1.54, 1.807) is 49.1 Å². The normalized spacial score (nSPS) is 12.1. The summed E-state index contributed by atoms with van der Waals surface area (Å²) in [5, 5.41) is 0. The van der Waals surface area contributed by atoms with Crippen molar-refractivity contribution in [1.29, 1.82) is 0 Å². The van der Waals surface area contributed by atoms with E-state index in [-0.39, 0.29) is 23.1 Å². The standard InChI is InChI=1S/4C18H11NO/c4*20-18-14-9-8-13(12-5-2-1-3-6-12)11-16(14)17-15(18)7-4-10-19-17/h4*1-11H. The van der Waals surface area contributed by atoms with E-state index < -0.39 is 0 Å². The first kappa shape index (κ1) is 48.7. The summed E-state index contributed by atoms with van der Waals surface area (Å²) in [7, 11) is 0. The molecule has 0 radical (unpaired) electrons. The minimum atomic E-state index is 0.0720. The van der Waals surface area contributed by atoms with Crippen molar-refractivity contribution in [2.24, 2.45) is 0 Å². The highest BCUT2D eigenvalue weighted by atomic mass is 16.1. The maximum absolute atomic E-state index is 12.3. The summed E-state index contributed by atoms with van der Waals surface area (Å²) < 4.78 is 0. The Labute approximate surface area is 461 Å². The van der Waals surface area contributed by atoms with Gasteiger partial charge in [0.25, 0.3) is 0 Å². The zero-order valence-corrected chi connectivity index (χ0v) is 42.8. The van der Waals surface area contributed by atoms with Crippen LogP contribution in [0.5, 0.6) is 0 Å². The summed E-state index contributed by atoms with van der Waals surface area (Å²) in [5.41, 5.74) is 21.7. The van der Waals surface area contributed by atoms with Crippen molar-refractivity contribution in [3.63, 3.8) is 0 Å². The van der Waals surface area contributed by atoms with Crippen molar-refractivity contribution in [3.8, 4) is 89.5 Å². The lowest BCUT2D eigenvalue weighted by atomic mass is 10.00. The van der Waals surface area contributed by atoms with Gasteiger partial charge in [-0.25, -0.2) is 0 Å². The van der Waals surface area contributed by atoms with E-state index in [1.807, 2.05) is 146 Å². The van der Waals surface area contributed by atoms with Crippen LogP contribution in [0.1, 0.15) is 63.7 Å². The molecule has 4 aliphatic carbocycles. The van der Waals surface area contributed by atoms with Gasteiger partial charge in [0.2, 0.25) is 0 Å². The molecule has 0 unspecified atom stereocenters. The molecule has 4 aromatic heterocycles. The van der Waals surface area contributed by atoms with E-state index in [4.69, 9.17) is 0 Å². The number of carbonyl (C=O) groups excluding carboxylic acids is 4. The molecule has 376 valence electrons. The van der Waals surface area contributed by atoms with Crippen LogP contribution in [0.15, 0.2) is 267 Å². The predicted molar refractivity (Wildman–Crippen MR) is 314 cm³/mol. The number of nitrogens with zero attached hydrogens (tertiary/aromatic N) is 4. The Morgan fingerprint density at radius 3 is 0.600 bits per heavy atom. The van der Waals surface area contributed by atoms with Crippen molar-refractivity contribution >= 4 is 23.1 Å². The lowest BCUT2D eigenvalue weighted by molar-refractivity contribution is 0.103. The van der Waals surface area contributed by atoms with E-state index in [2.05, 4.69) is 92.7 Å². The minimum absolute atomic E-state index is 0.0720. The van der Waals surface area contributed by atoms with Crippen LogP contribution in [-0.2, 0) is 0 Å². The molecule has 8 heteroatoms. The second-order valence-corrected chi connectivity index (χ2v) is 19.4. The molecule has 12 aromatic rings. The van der Waals surface area contributed by atoms with Gasteiger partial charge in [-0.1, -0.05) is 146 Å². The van der Waals surface area contributed by atoms with Crippen LogP contribution in [0.2, 0.25) is 0 Å². The van der Waals surface area contributed by atoms with Crippen molar-refractivity contribution in [2.45, 2.75) is 0 Å². The number of pyridine rings is 4. The fourth-order valence-electron chi connectivity index (χ4n) is 10.8. The van der Waals surface area contributed by atoms with E-state index in [9.17, 15) is 19.2 Å². The first-order valence-corrected chi connectivity index (χ1v) is 26.2. The highest BCUT2D eigenvalue weighted by Gasteiger charge is 2.31. The molecule has 0 saturated heterocycles. The smallest absolute Gasteiger partial charge is 0.195 e. The van der Waals surface area contributed by atoms with Crippen molar-refractivity contribution in [2.75, 3.05) is 0 Å². The molecule has 80 heavy (non-hydrogen) atoms. The summed E-state index contributed by atoms with van der Waals surface area (Å²) in [6, 6.07) is 79.1. The van der Waals surface area contributed by atoms with E-state index in [1.165, 1.54) is 0 Å². The third-order valence-electron chi connectivity index (χ3n) is 14.7. The molecule has 4 aliphatic rings. The van der Waals surface area contributed by atoms with Gasteiger partial charge in [-0.3, -0.25) is 39.1 Å². The molecule has 0 saturated carbocycles. The summed E-state index contributed by atoms with van der Waals surface area (Å²) in [6.45, 7) is 0. The van der Waals surface area contributed by atoms with Gasteiger partial charge in [-0.05, 0) is 142 Å². The quantitative estimate of drug-likeness (QED) is 0.171. The largest absolute Gasteiger partial charge is 0.289 e. The molecule has 0 bridgehead atoms. The number of fused-ring (bicyclic) bond motifs is 12. The molecule has 16 rings (SSSR count). The van der Waals surface area contributed by atoms with Gasteiger partial charge in [-0.15, -0.1) is 0 Å². The highest BCUT2D eigenvalue weighted by Crippen LogP contribution is 2.41. The van der Waals surface area contributed by atoms with Crippen LogP contribution in [0, 0.1) is 0 Å². The summed E-state index contributed by atoms with van der Waals surface area (Å²) in [5.74, 6) is 0.288. The van der Waals surface area contributed by atoms with Crippen molar-refractivity contribution in [1.82, 2.24) is 19.9 Å². The van der Waals surface area contributed by atoms with Crippen molar-refractivity contribution < 1.29 is 19.2 Å². The zero-order valence-electron chi connectivity index (χ0n) is 42.8. The van der Waals surface area contributed by atoms with E-state index >= 15 is 0 Å². The van der Waals surface area contributed by atoms with E-state index in [0.29, 0.717) is 22.3 Å².